The number of hydrogen-bond acceptors (Lipinski definition) is 6. The molecule has 2 aromatic rings. The van der Waals surface area contributed by atoms with Crippen LogP contribution in [0.25, 0.3) is 0 Å². The second-order valence-corrected chi connectivity index (χ2v) is 7.98. The minimum atomic E-state index is -0.554. The monoisotopic (exact) mass is 360 g/mol. The molecule has 0 bridgehead atoms. The Morgan fingerprint density at radius 2 is 2.12 bits per heavy atom. The lowest BCUT2D eigenvalue weighted by Gasteiger charge is -2.43. The van der Waals surface area contributed by atoms with E-state index >= 15 is 0 Å². The van der Waals surface area contributed by atoms with Crippen LogP contribution in [-0.4, -0.2) is 40.7 Å². The number of nitrogens with one attached hydrogen (secondary N) is 1. The highest BCUT2D eigenvalue weighted by Crippen LogP contribution is 2.35. The van der Waals surface area contributed by atoms with E-state index in [0.717, 1.165) is 37.3 Å². The standard InChI is InChI=1S/C19H28N4OS/c1-19(2,15-12-25-13-16(15)20)23-9-6-14(7-10-23)22-11-18(24)17-5-3-4-8-21-17/h3-5,8,12-14,18,22,24H,6-7,9-11,20H2,1-2H3. The number of aliphatic hydroxyl groups is 1. The molecule has 136 valence electrons. The van der Waals surface area contributed by atoms with Gasteiger partial charge in [0.2, 0.25) is 0 Å². The van der Waals surface area contributed by atoms with Gasteiger partial charge in [0.15, 0.2) is 0 Å². The summed E-state index contributed by atoms with van der Waals surface area (Å²) in [6.45, 7) is 7.11. The van der Waals surface area contributed by atoms with E-state index in [4.69, 9.17) is 5.73 Å². The average Bonchev–Trinajstić information content (AvgIpc) is 3.07. The third-order valence-corrected chi connectivity index (χ3v) is 6.03. The van der Waals surface area contributed by atoms with Gasteiger partial charge in [-0.2, -0.15) is 0 Å². The van der Waals surface area contributed by atoms with Gasteiger partial charge in [0, 0.05) is 54.0 Å². The zero-order chi connectivity index (χ0) is 17.9. The van der Waals surface area contributed by atoms with Gasteiger partial charge in [-0.05, 0) is 44.2 Å². The summed E-state index contributed by atoms with van der Waals surface area (Å²) < 4.78 is 0. The highest BCUT2D eigenvalue weighted by molar-refractivity contribution is 7.08. The first-order chi connectivity index (χ1) is 12.0. The van der Waals surface area contributed by atoms with E-state index in [9.17, 15) is 5.11 Å². The van der Waals surface area contributed by atoms with Crippen molar-refractivity contribution in [2.75, 3.05) is 25.4 Å². The Balaban J connectivity index is 1.50. The summed E-state index contributed by atoms with van der Waals surface area (Å²) in [5, 5.41) is 17.9. The number of nitrogens with two attached hydrogens (primary N) is 1. The number of hydrogen-bond donors (Lipinski definition) is 3. The number of rotatable bonds is 6. The van der Waals surface area contributed by atoms with Gasteiger partial charge in [-0.15, -0.1) is 11.3 Å². The zero-order valence-electron chi connectivity index (χ0n) is 15.0. The molecule has 3 rings (SSSR count). The van der Waals surface area contributed by atoms with Crippen molar-refractivity contribution in [1.82, 2.24) is 15.2 Å². The normalized spacial score (nSPS) is 18.4. The lowest BCUT2D eigenvalue weighted by molar-refractivity contribution is 0.0776. The fourth-order valence-corrected chi connectivity index (χ4v) is 4.48. The number of likely N-dealkylation sites (tertiary alicyclic amines) is 1. The molecule has 25 heavy (non-hydrogen) atoms. The third kappa shape index (κ3) is 4.20. The summed E-state index contributed by atoms with van der Waals surface area (Å²) in [5.41, 5.74) is 8.95. The van der Waals surface area contributed by atoms with E-state index in [1.165, 1.54) is 5.56 Å². The molecule has 1 aliphatic rings. The second kappa shape index (κ2) is 7.83. The molecule has 1 atom stereocenters. The van der Waals surface area contributed by atoms with Gasteiger partial charge in [0.25, 0.3) is 0 Å². The van der Waals surface area contributed by atoms with Gasteiger partial charge in [-0.25, -0.2) is 0 Å². The Kier molecular flexibility index (Phi) is 5.74. The largest absolute Gasteiger partial charge is 0.398 e. The van der Waals surface area contributed by atoms with Crippen LogP contribution in [0.3, 0.4) is 0 Å². The predicted molar refractivity (Wildman–Crippen MR) is 104 cm³/mol. The lowest BCUT2D eigenvalue weighted by atomic mass is 9.90. The number of aliphatic hydroxyl groups excluding tert-OH is 1. The molecule has 0 spiro atoms. The summed E-state index contributed by atoms with van der Waals surface area (Å²) in [5.74, 6) is 0. The van der Waals surface area contributed by atoms with Crippen LogP contribution >= 0.6 is 11.3 Å². The van der Waals surface area contributed by atoms with Crippen LogP contribution in [0.2, 0.25) is 0 Å². The Morgan fingerprint density at radius 3 is 2.72 bits per heavy atom. The van der Waals surface area contributed by atoms with Crippen LogP contribution in [-0.2, 0) is 5.54 Å². The highest BCUT2D eigenvalue weighted by atomic mass is 32.1. The van der Waals surface area contributed by atoms with Gasteiger partial charge < -0.3 is 16.2 Å². The first kappa shape index (κ1) is 18.3. The Labute approximate surface area is 153 Å². The molecular weight excluding hydrogens is 332 g/mol. The van der Waals surface area contributed by atoms with Crippen molar-refractivity contribution in [1.29, 1.82) is 0 Å². The molecule has 3 heterocycles. The first-order valence-electron chi connectivity index (χ1n) is 8.88. The smallest absolute Gasteiger partial charge is 0.108 e. The molecule has 1 unspecified atom stereocenters. The number of pyridine rings is 1. The van der Waals surface area contributed by atoms with Crippen molar-refractivity contribution < 1.29 is 5.11 Å². The maximum absolute atomic E-state index is 10.2. The number of nitrogens with zero attached hydrogens (tertiary/aromatic N) is 2. The molecule has 6 heteroatoms. The Bertz CT molecular complexity index is 665. The molecule has 2 aromatic heterocycles. The number of aromatic nitrogens is 1. The average molecular weight is 361 g/mol. The predicted octanol–water partition coefficient (Wildman–Crippen LogP) is 2.75. The van der Waals surface area contributed by atoms with E-state index in [-0.39, 0.29) is 5.54 Å². The molecule has 0 aromatic carbocycles. The fraction of sp³-hybridized carbons (Fsp3) is 0.526. The number of piperidine rings is 1. The van der Waals surface area contributed by atoms with Gasteiger partial charge in [0.1, 0.15) is 6.10 Å². The van der Waals surface area contributed by atoms with Gasteiger partial charge in [0.05, 0.1) is 5.69 Å². The van der Waals surface area contributed by atoms with E-state index in [1.54, 1.807) is 17.5 Å². The quantitative estimate of drug-likeness (QED) is 0.739. The molecule has 0 radical (unpaired) electrons. The topological polar surface area (TPSA) is 74.4 Å². The van der Waals surface area contributed by atoms with Gasteiger partial charge >= 0.3 is 0 Å². The maximum atomic E-state index is 10.2. The maximum Gasteiger partial charge on any atom is 0.108 e. The second-order valence-electron chi connectivity index (χ2n) is 7.24. The minimum Gasteiger partial charge on any atom is -0.398 e. The van der Waals surface area contributed by atoms with Crippen molar-refractivity contribution in [2.24, 2.45) is 0 Å². The number of thiophene rings is 1. The van der Waals surface area contributed by atoms with Crippen LogP contribution < -0.4 is 11.1 Å². The SMILES string of the molecule is CC(C)(c1cscc1N)N1CCC(NCC(O)c2ccccn2)CC1. The zero-order valence-corrected chi connectivity index (χ0v) is 15.8. The molecule has 0 saturated carbocycles. The van der Waals surface area contributed by atoms with Crippen LogP contribution in [0.5, 0.6) is 0 Å². The van der Waals surface area contributed by atoms with Crippen LogP contribution in [0, 0.1) is 0 Å². The molecule has 5 nitrogen and oxygen atoms in total. The third-order valence-electron chi connectivity index (χ3n) is 5.27. The van der Waals surface area contributed by atoms with Crippen molar-refractivity contribution in [3.63, 3.8) is 0 Å². The van der Waals surface area contributed by atoms with Crippen molar-refractivity contribution >= 4 is 17.0 Å². The fourth-order valence-electron chi connectivity index (χ4n) is 3.57. The molecule has 4 N–H and O–H groups in total. The Morgan fingerprint density at radius 1 is 1.36 bits per heavy atom. The van der Waals surface area contributed by atoms with Crippen molar-refractivity contribution in [3.05, 3.63) is 46.4 Å². The Hall–Kier alpha value is -1.47. The van der Waals surface area contributed by atoms with E-state index in [2.05, 4.69) is 34.4 Å². The molecule has 1 fully saturated rings. The van der Waals surface area contributed by atoms with Crippen molar-refractivity contribution in [2.45, 2.75) is 44.4 Å². The molecule has 0 aliphatic carbocycles. The molecule has 1 aliphatic heterocycles. The van der Waals surface area contributed by atoms with Gasteiger partial charge in [-0.3, -0.25) is 9.88 Å². The summed E-state index contributed by atoms with van der Waals surface area (Å²) in [6, 6.07) is 6.07. The first-order valence-corrected chi connectivity index (χ1v) is 9.82. The number of anilines is 1. The van der Waals surface area contributed by atoms with Gasteiger partial charge in [-0.1, -0.05) is 6.07 Å². The highest BCUT2D eigenvalue weighted by Gasteiger charge is 2.33. The summed E-state index contributed by atoms with van der Waals surface area (Å²) in [6.07, 6.45) is 3.31. The summed E-state index contributed by atoms with van der Waals surface area (Å²) in [4.78, 5) is 6.73. The van der Waals surface area contributed by atoms with Crippen LogP contribution in [0.15, 0.2) is 35.2 Å². The summed E-state index contributed by atoms with van der Waals surface area (Å²) in [7, 11) is 0. The van der Waals surface area contributed by atoms with Crippen LogP contribution in [0.1, 0.15) is 44.1 Å². The van der Waals surface area contributed by atoms with Crippen molar-refractivity contribution in [3.8, 4) is 0 Å². The van der Waals surface area contributed by atoms with E-state index in [1.807, 2.05) is 23.6 Å². The van der Waals surface area contributed by atoms with E-state index < -0.39 is 6.10 Å². The molecule has 1 saturated heterocycles. The lowest BCUT2D eigenvalue weighted by Crippen LogP contribution is -2.50. The summed E-state index contributed by atoms with van der Waals surface area (Å²) >= 11 is 1.67. The molecular formula is C19H28N4OS. The van der Waals surface area contributed by atoms with E-state index in [0.29, 0.717) is 12.6 Å². The van der Waals surface area contributed by atoms with Crippen LogP contribution in [0.4, 0.5) is 5.69 Å². The minimum absolute atomic E-state index is 0.0392. The number of nitrogen functional groups attached to an aromatic ring is 1. The molecule has 0 amide bonds.